The van der Waals surface area contributed by atoms with Crippen molar-refractivity contribution in [1.29, 1.82) is 0 Å². The van der Waals surface area contributed by atoms with Gasteiger partial charge in [0.25, 0.3) is 0 Å². The third kappa shape index (κ3) is 0.969. The van der Waals surface area contributed by atoms with Crippen LogP contribution in [0.2, 0.25) is 0 Å². The molecule has 0 unspecified atom stereocenters. The Morgan fingerprint density at radius 3 is 2.50 bits per heavy atom. The van der Waals surface area contributed by atoms with Gasteiger partial charge in [0.15, 0.2) is 0 Å². The number of hydrogen-bond donors (Lipinski definition) is 0. The predicted molar refractivity (Wildman–Crippen MR) is 36.5 cm³/mol. The third-order valence-corrected chi connectivity index (χ3v) is 0.858. The Morgan fingerprint density at radius 2 is 2.00 bits per heavy atom. The molecule has 0 saturated carbocycles. The summed E-state index contributed by atoms with van der Waals surface area (Å²) >= 11 is 0. The monoisotopic (exact) mass is 107 g/mol. The Balaban J connectivity index is 3.31. The molecule has 0 nitrogen and oxygen atoms in total. The van der Waals surface area contributed by atoms with Crippen molar-refractivity contribution in [2.45, 2.75) is 0 Å². The lowest BCUT2D eigenvalue weighted by Gasteiger charge is -1.85. The van der Waals surface area contributed by atoms with E-state index in [1.807, 2.05) is 0 Å². The normalized spacial score (nSPS) is 13.8. The molecule has 0 heteroatoms. The molecule has 8 heavy (non-hydrogen) atoms. The molecule has 0 N–H and O–H groups in total. The smallest absolute Gasteiger partial charge is 0.0623 e. The summed E-state index contributed by atoms with van der Waals surface area (Å²) in [5.41, 5.74) is 0.719. The van der Waals surface area contributed by atoms with Gasteiger partial charge in [-0.25, -0.2) is 0 Å². The summed E-state index contributed by atoms with van der Waals surface area (Å²) in [7, 11) is 0. The maximum Gasteiger partial charge on any atom is 0.0623 e. The highest BCUT2D eigenvalue weighted by atomic mass is 13.8. The zero-order valence-corrected chi connectivity index (χ0v) is 4.44. The van der Waals surface area contributed by atoms with Crippen molar-refractivity contribution in [3.05, 3.63) is 42.4 Å². The average Bonchev–Trinajstić information content (AvgIpc) is 1.99. The van der Waals surface area contributed by atoms with Crippen LogP contribution in [0.15, 0.2) is 36.8 Å². The van der Waals surface area contributed by atoms with Crippen LogP contribution in [0, 0.1) is 0 Å². The van der Waals surface area contributed by atoms with Crippen LogP contribution in [0.5, 0.6) is 0 Å². The molecule has 0 fully saturated rings. The van der Waals surface area contributed by atoms with Gasteiger partial charge in [0.1, 0.15) is 0 Å². The van der Waals surface area contributed by atoms with Crippen molar-refractivity contribution in [3.63, 3.8) is 0 Å². The first kappa shape index (κ1) is 2.49. The second-order valence-corrected chi connectivity index (χ2v) is 1.41. The standard InChI is InChI=1S/C8H8/c1-2-8-6-4-3-5-7-8/h2-7H,1H2/i3D,4D,5D. The Kier molecular flexibility index (Phi) is 0.721. The fraction of sp³-hybridized carbons (Fsp3) is 0. The minimum Gasteiger partial charge on any atom is -0.0985 e. The molecule has 0 aliphatic carbocycles. The van der Waals surface area contributed by atoms with E-state index in [9.17, 15) is 0 Å². The van der Waals surface area contributed by atoms with E-state index in [0.717, 1.165) is 5.56 Å². The lowest BCUT2D eigenvalue weighted by Crippen LogP contribution is -1.63. The summed E-state index contributed by atoms with van der Waals surface area (Å²) in [5, 5.41) is 0. The lowest BCUT2D eigenvalue weighted by molar-refractivity contribution is 1.67. The lowest BCUT2D eigenvalue weighted by atomic mass is 10.2. The topological polar surface area (TPSA) is 0 Å². The second-order valence-electron chi connectivity index (χ2n) is 1.41. The van der Waals surface area contributed by atoms with Crippen molar-refractivity contribution in [2.24, 2.45) is 0 Å². The average molecular weight is 107 g/mol. The molecule has 40 valence electrons. The summed E-state index contributed by atoms with van der Waals surface area (Å²) in [6, 6.07) is 3.16. The van der Waals surface area contributed by atoms with Crippen LogP contribution in [0.1, 0.15) is 9.68 Å². The molecule has 1 rings (SSSR count). The minimum atomic E-state index is -0.0319. The Labute approximate surface area is 53.7 Å². The molecule has 0 aromatic heterocycles. The first-order valence-corrected chi connectivity index (χ1v) is 2.35. The summed E-state index contributed by atoms with van der Waals surface area (Å²) in [4.78, 5) is 0. The predicted octanol–water partition coefficient (Wildman–Crippen LogP) is 2.33. The third-order valence-electron chi connectivity index (χ3n) is 0.858. The maximum absolute atomic E-state index is 7.25. The van der Waals surface area contributed by atoms with Gasteiger partial charge in [0.2, 0.25) is 0 Å². The van der Waals surface area contributed by atoms with Crippen molar-refractivity contribution >= 4 is 6.08 Å². The number of benzene rings is 1. The second kappa shape index (κ2) is 2.31. The maximum atomic E-state index is 7.25. The van der Waals surface area contributed by atoms with Crippen LogP contribution < -0.4 is 0 Å². The fourth-order valence-corrected chi connectivity index (χ4v) is 0.440. The largest absolute Gasteiger partial charge is 0.0985 e. The van der Waals surface area contributed by atoms with Gasteiger partial charge in [-0.1, -0.05) is 42.9 Å². The van der Waals surface area contributed by atoms with Gasteiger partial charge in [-0.3, -0.25) is 0 Å². The van der Waals surface area contributed by atoms with E-state index in [2.05, 4.69) is 6.58 Å². The van der Waals surface area contributed by atoms with Crippen LogP contribution in [0.3, 0.4) is 0 Å². The van der Waals surface area contributed by atoms with Crippen LogP contribution in [-0.4, -0.2) is 0 Å². The zero-order valence-electron chi connectivity index (χ0n) is 7.44. The SMILES string of the molecule is [2H]c1cc(C=C)cc([2H])c1[2H]. The molecule has 0 saturated heterocycles. The zero-order chi connectivity index (χ0) is 8.43. The first-order chi connectivity index (χ1) is 5.15. The molecule has 1 aromatic carbocycles. The van der Waals surface area contributed by atoms with Crippen molar-refractivity contribution in [1.82, 2.24) is 0 Å². The molecule has 0 aliphatic rings. The molecule has 0 spiro atoms. The van der Waals surface area contributed by atoms with E-state index in [-0.39, 0.29) is 18.1 Å². The van der Waals surface area contributed by atoms with E-state index in [1.54, 1.807) is 6.08 Å². The molecule has 0 bridgehead atoms. The van der Waals surface area contributed by atoms with E-state index in [0.29, 0.717) is 0 Å². The van der Waals surface area contributed by atoms with E-state index in [4.69, 9.17) is 4.11 Å². The minimum absolute atomic E-state index is 0.0319. The quantitative estimate of drug-likeness (QED) is 0.516. The molecule has 0 radical (unpaired) electrons. The molecule has 0 aliphatic heterocycles. The number of rotatable bonds is 1. The van der Waals surface area contributed by atoms with Gasteiger partial charge in [-0.2, -0.15) is 0 Å². The van der Waals surface area contributed by atoms with E-state index >= 15 is 0 Å². The van der Waals surface area contributed by atoms with Gasteiger partial charge in [-0.15, -0.1) is 0 Å². The highest BCUT2D eigenvalue weighted by Gasteiger charge is 1.75. The van der Waals surface area contributed by atoms with Crippen LogP contribution in [0.25, 0.3) is 6.08 Å². The van der Waals surface area contributed by atoms with Gasteiger partial charge < -0.3 is 0 Å². The van der Waals surface area contributed by atoms with Gasteiger partial charge in [-0.05, 0) is 5.56 Å². The summed E-state index contributed by atoms with van der Waals surface area (Å²) in [6.07, 6.45) is 1.56. The fourth-order valence-electron chi connectivity index (χ4n) is 0.440. The van der Waals surface area contributed by atoms with Crippen molar-refractivity contribution in [2.75, 3.05) is 0 Å². The Bertz CT molecular complexity index is 268. The highest BCUT2D eigenvalue weighted by molar-refractivity contribution is 5.45. The Morgan fingerprint density at radius 1 is 1.38 bits per heavy atom. The molecule has 0 amide bonds. The molecular weight excluding hydrogens is 96.1 g/mol. The molecule has 1 aromatic rings. The van der Waals surface area contributed by atoms with E-state index in [1.165, 1.54) is 12.1 Å². The molecule has 0 heterocycles. The van der Waals surface area contributed by atoms with E-state index < -0.39 is 0 Å². The Hall–Kier alpha value is -1.04. The van der Waals surface area contributed by atoms with Crippen LogP contribution >= 0.6 is 0 Å². The first-order valence-electron chi connectivity index (χ1n) is 3.85. The van der Waals surface area contributed by atoms with Crippen LogP contribution in [-0.2, 0) is 0 Å². The summed E-state index contributed by atoms with van der Waals surface area (Å²) in [6.45, 7) is 3.51. The summed E-state index contributed by atoms with van der Waals surface area (Å²) < 4.78 is 21.7. The molecule has 0 atom stereocenters. The van der Waals surface area contributed by atoms with Gasteiger partial charge >= 0.3 is 0 Å². The van der Waals surface area contributed by atoms with Gasteiger partial charge in [0.05, 0.1) is 4.11 Å². The number of hydrogen-bond acceptors (Lipinski definition) is 0. The highest BCUT2D eigenvalue weighted by Crippen LogP contribution is 1.97. The summed E-state index contributed by atoms with van der Waals surface area (Å²) in [5.74, 6) is 0. The van der Waals surface area contributed by atoms with Crippen LogP contribution in [0.4, 0.5) is 0 Å². The van der Waals surface area contributed by atoms with Crippen molar-refractivity contribution < 1.29 is 4.11 Å². The van der Waals surface area contributed by atoms with Gasteiger partial charge in [0, 0.05) is 0 Å². The van der Waals surface area contributed by atoms with Crippen molar-refractivity contribution in [3.8, 4) is 0 Å². The molecular formula is C8H8.